The Morgan fingerprint density at radius 3 is 2.64 bits per heavy atom. The second-order valence-corrected chi connectivity index (χ2v) is 6.41. The molecule has 2 aromatic carbocycles. The Morgan fingerprint density at radius 1 is 1.14 bits per heavy atom. The van der Waals surface area contributed by atoms with Gasteiger partial charge in [-0.05, 0) is 30.2 Å². The number of carbonyl (C=O) groups excluding carboxylic acids is 2. The van der Waals surface area contributed by atoms with Crippen molar-refractivity contribution >= 4 is 28.5 Å². The van der Waals surface area contributed by atoms with Crippen LogP contribution < -0.4 is 16.7 Å². The van der Waals surface area contributed by atoms with E-state index in [1.165, 1.54) is 6.07 Å². The van der Waals surface area contributed by atoms with Crippen molar-refractivity contribution in [3.63, 3.8) is 0 Å². The van der Waals surface area contributed by atoms with Gasteiger partial charge < -0.3 is 20.2 Å². The fraction of sp³-hybridized carbons (Fsp3) is 0.190. The number of ether oxygens (including phenoxy) is 1. The Bertz CT molecular complexity index is 1060. The molecule has 7 heteroatoms. The zero-order chi connectivity index (χ0) is 20.1. The lowest BCUT2D eigenvalue weighted by Gasteiger charge is -2.12. The van der Waals surface area contributed by atoms with E-state index in [-0.39, 0.29) is 13.0 Å². The molecular formula is C21H20N2O5. The van der Waals surface area contributed by atoms with Gasteiger partial charge in [0.25, 0.3) is 0 Å². The molecule has 7 nitrogen and oxygen atoms in total. The SMILES string of the molecule is Cc1cc(=O)oc2cc(NC(=O)[C@H](N)CC(=O)OCc3ccccc3)ccc12. The zero-order valence-electron chi connectivity index (χ0n) is 15.3. The van der Waals surface area contributed by atoms with Crippen LogP contribution in [0, 0.1) is 6.92 Å². The van der Waals surface area contributed by atoms with Crippen LogP contribution in [0.15, 0.2) is 63.8 Å². The van der Waals surface area contributed by atoms with Gasteiger partial charge in [0.05, 0.1) is 12.5 Å². The van der Waals surface area contributed by atoms with E-state index < -0.39 is 23.5 Å². The maximum Gasteiger partial charge on any atom is 0.336 e. The van der Waals surface area contributed by atoms with Crippen molar-refractivity contribution in [2.45, 2.75) is 26.0 Å². The van der Waals surface area contributed by atoms with Crippen molar-refractivity contribution < 1.29 is 18.7 Å². The molecule has 1 atom stereocenters. The van der Waals surface area contributed by atoms with Gasteiger partial charge in [-0.15, -0.1) is 0 Å². The highest BCUT2D eigenvalue weighted by Gasteiger charge is 2.19. The number of fused-ring (bicyclic) bond motifs is 1. The summed E-state index contributed by atoms with van der Waals surface area (Å²) in [5.74, 6) is -1.10. The molecule has 3 aromatic rings. The molecule has 0 saturated heterocycles. The molecule has 28 heavy (non-hydrogen) atoms. The Hall–Kier alpha value is -3.45. The maximum atomic E-state index is 12.3. The van der Waals surface area contributed by atoms with Gasteiger partial charge in [-0.25, -0.2) is 4.79 Å². The van der Waals surface area contributed by atoms with E-state index >= 15 is 0 Å². The smallest absolute Gasteiger partial charge is 0.336 e. The second kappa shape index (κ2) is 8.49. The second-order valence-electron chi connectivity index (χ2n) is 6.41. The summed E-state index contributed by atoms with van der Waals surface area (Å²) < 4.78 is 10.3. The average Bonchev–Trinajstić information content (AvgIpc) is 2.66. The third-order valence-electron chi connectivity index (χ3n) is 4.18. The molecule has 1 aromatic heterocycles. The van der Waals surface area contributed by atoms with Crippen LogP contribution in [0.2, 0.25) is 0 Å². The summed E-state index contributed by atoms with van der Waals surface area (Å²) in [7, 11) is 0. The summed E-state index contributed by atoms with van der Waals surface area (Å²) in [5, 5.41) is 3.39. The van der Waals surface area contributed by atoms with E-state index in [1.54, 1.807) is 25.1 Å². The highest BCUT2D eigenvalue weighted by molar-refractivity contribution is 5.98. The first-order valence-electron chi connectivity index (χ1n) is 8.73. The van der Waals surface area contributed by atoms with Crippen molar-refractivity contribution in [1.82, 2.24) is 0 Å². The molecule has 0 spiro atoms. The molecule has 0 bridgehead atoms. The number of amides is 1. The predicted octanol–water partition coefficient (Wildman–Crippen LogP) is 2.50. The van der Waals surface area contributed by atoms with Crippen LogP contribution in [0.5, 0.6) is 0 Å². The molecule has 0 saturated carbocycles. The van der Waals surface area contributed by atoms with Crippen molar-refractivity contribution in [2.24, 2.45) is 5.73 Å². The van der Waals surface area contributed by atoms with Gasteiger partial charge >= 0.3 is 11.6 Å². The van der Waals surface area contributed by atoms with Gasteiger partial charge in [-0.2, -0.15) is 0 Å². The number of hydrogen-bond donors (Lipinski definition) is 2. The number of nitrogens with two attached hydrogens (primary N) is 1. The van der Waals surface area contributed by atoms with E-state index in [9.17, 15) is 14.4 Å². The predicted molar refractivity (Wildman–Crippen MR) is 105 cm³/mol. The first kappa shape index (κ1) is 19.3. The van der Waals surface area contributed by atoms with Gasteiger partial charge in [-0.1, -0.05) is 30.3 Å². The van der Waals surface area contributed by atoms with Crippen LogP contribution in [0.1, 0.15) is 17.5 Å². The van der Waals surface area contributed by atoms with Gasteiger partial charge in [0.2, 0.25) is 5.91 Å². The monoisotopic (exact) mass is 380 g/mol. The molecular weight excluding hydrogens is 360 g/mol. The number of hydrogen-bond acceptors (Lipinski definition) is 6. The minimum atomic E-state index is -1.07. The summed E-state index contributed by atoms with van der Waals surface area (Å²) >= 11 is 0. The lowest BCUT2D eigenvalue weighted by atomic mass is 10.1. The molecule has 144 valence electrons. The number of nitrogens with one attached hydrogen (secondary N) is 1. The Kier molecular flexibility index (Phi) is 5.86. The van der Waals surface area contributed by atoms with Crippen molar-refractivity contribution in [3.8, 4) is 0 Å². The van der Waals surface area contributed by atoms with Crippen molar-refractivity contribution in [3.05, 3.63) is 76.1 Å². The van der Waals surface area contributed by atoms with Gasteiger partial charge in [0.15, 0.2) is 0 Å². The number of esters is 1. The molecule has 0 fully saturated rings. The normalized spacial score (nSPS) is 11.8. The molecule has 0 aliphatic rings. The van der Waals surface area contributed by atoms with Crippen LogP contribution in [0.25, 0.3) is 11.0 Å². The van der Waals surface area contributed by atoms with Crippen LogP contribution in [-0.4, -0.2) is 17.9 Å². The molecule has 3 rings (SSSR count). The lowest BCUT2D eigenvalue weighted by molar-refractivity contribution is -0.146. The average molecular weight is 380 g/mol. The molecule has 1 heterocycles. The van der Waals surface area contributed by atoms with Crippen LogP contribution >= 0.6 is 0 Å². The summed E-state index contributed by atoms with van der Waals surface area (Å²) in [4.78, 5) is 35.7. The van der Waals surface area contributed by atoms with Gasteiger partial charge in [0.1, 0.15) is 12.2 Å². The topological polar surface area (TPSA) is 112 Å². The van der Waals surface area contributed by atoms with E-state index in [0.717, 1.165) is 16.5 Å². The number of carbonyl (C=O) groups is 2. The zero-order valence-corrected chi connectivity index (χ0v) is 15.3. The molecule has 0 unspecified atom stereocenters. The molecule has 0 aliphatic heterocycles. The minimum absolute atomic E-state index is 0.122. The Balaban J connectivity index is 1.58. The summed E-state index contributed by atoms with van der Waals surface area (Å²) in [6.07, 6.45) is -0.250. The number of anilines is 1. The summed E-state index contributed by atoms with van der Waals surface area (Å²) in [6, 6.07) is 14.5. The van der Waals surface area contributed by atoms with E-state index in [0.29, 0.717) is 11.3 Å². The largest absolute Gasteiger partial charge is 0.461 e. The first-order chi connectivity index (χ1) is 13.4. The Labute approximate surface area is 161 Å². The molecule has 0 aliphatic carbocycles. The van der Waals surface area contributed by atoms with Crippen LogP contribution in [0.4, 0.5) is 5.69 Å². The van der Waals surface area contributed by atoms with Gasteiger partial charge in [-0.3, -0.25) is 9.59 Å². The number of rotatable bonds is 6. The highest BCUT2D eigenvalue weighted by Crippen LogP contribution is 2.20. The standard InChI is InChI=1S/C21H20N2O5/c1-13-9-20(25)28-18-10-15(7-8-16(13)18)23-21(26)17(22)11-19(24)27-12-14-5-3-2-4-6-14/h2-10,17H,11-12,22H2,1H3,(H,23,26)/t17-/m1/s1. The van der Waals surface area contributed by atoms with E-state index in [2.05, 4.69) is 5.32 Å². The van der Waals surface area contributed by atoms with E-state index in [4.69, 9.17) is 14.9 Å². The minimum Gasteiger partial charge on any atom is -0.461 e. The highest BCUT2D eigenvalue weighted by atomic mass is 16.5. The van der Waals surface area contributed by atoms with E-state index in [1.807, 2.05) is 30.3 Å². The summed E-state index contributed by atoms with van der Waals surface area (Å²) in [5.41, 5.74) is 7.75. The molecule has 0 radical (unpaired) electrons. The third kappa shape index (κ3) is 4.83. The first-order valence-corrected chi connectivity index (χ1v) is 8.73. The third-order valence-corrected chi connectivity index (χ3v) is 4.18. The fourth-order valence-electron chi connectivity index (χ4n) is 2.71. The van der Waals surface area contributed by atoms with Crippen molar-refractivity contribution in [2.75, 3.05) is 5.32 Å². The number of benzene rings is 2. The maximum absolute atomic E-state index is 12.3. The summed E-state index contributed by atoms with van der Waals surface area (Å²) in [6.45, 7) is 1.92. The quantitative estimate of drug-likeness (QED) is 0.502. The molecule has 1 amide bonds. The number of aryl methyl sites for hydroxylation is 1. The fourth-order valence-corrected chi connectivity index (χ4v) is 2.71. The molecule has 3 N–H and O–H groups in total. The lowest BCUT2D eigenvalue weighted by Crippen LogP contribution is -2.37. The van der Waals surface area contributed by atoms with Gasteiger partial charge in [0, 0.05) is 23.2 Å². The van der Waals surface area contributed by atoms with Crippen LogP contribution in [0.3, 0.4) is 0 Å². The Morgan fingerprint density at radius 2 is 1.89 bits per heavy atom. The van der Waals surface area contributed by atoms with Crippen LogP contribution in [-0.2, 0) is 20.9 Å². The van der Waals surface area contributed by atoms with Crippen molar-refractivity contribution in [1.29, 1.82) is 0 Å².